The molecule has 0 fully saturated rings. The third-order valence-corrected chi connectivity index (χ3v) is 1.45. The Bertz CT molecular complexity index is 159. The van der Waals surface area contributed by atoms with E-state index >= 15 is 0 Å². The summed E-state index contributed by atoms with van der Waals surface area (Å²) < 4.78 is 0. The van der Waals surface area contributed by atoms with Gasteiger partial charge in [-0.05, 0) is 34.6 Å². The molecule has 0 atom stereocenters. The van der Waals surface area contributed by atoms with Gasteiger partial charge in [0.15, 0.2) is 0 Å². The molecule has 0 aromatic heterocycles. The molecule has 0 radical (unpaired) electrons. The molecule has 0 aliphatic rings. The Balaban J connectivity index is 4.23. The topological polar surface area (TPSA) is 28.0 Å². The molecule has 0 saturated carbocycles. The standard InChI is InChI=1S/C9H19N3/c1-6-10-7-11-12(8(2)3)9(4)5/h8-9H,6H2,1-5H3. The highest BCUT2D eigenvalue weighted by atomic mass is 15.5. The molecule has 0 N–H and O–H groups in total. The summed E-state index contributed by atoms with van der Waals surface area (Å²) in [6, 6.07) is 3.49. The van der Waals surface area contributed by atoms with Crippen LogP contribution in [0.15, 0.2) is 10.1 Å². The van der Waals surface area contributed by atoms with Crippen LogP contribution >= 0.6 is 0 Å². The number of hydrogen-bond acceptors (Lipinski definition) is 3. The van der Waals surface area contributed by atoms with E-state index in [4.69, 9.17) is 0 Å². The van der Waals surface area contributed by atoms with Crippen molar-refractivity contribution in [1.82, 2.24) is 5.01 Å². The van der Waals surface area contributed by atoms with Crippen LogP contribution in [0.1, 0.15) is 34.6 Å². The van der Waals surface area contributed by atoms with Gasteiger partial charge in [-0.3, -0.25) is 5.01 Å². The van der Waals surface area contributed by atoms with E-state index in [1.54, 1.807) is 0 Å². The second-order valence-electron chi connectivity index (χ2n) is 3.24. The average molecular weight is 169 g/mol. The van der Waals surface area contributed by atoms with E-state index in [9.17, 15) is 0 Å². The smallest absolute Gasteiger partial charge is 0.114 e. The van der Waals surface area contributed by atoms with E-state index in [1.807, 2.05) is 11.9 Å². The van der Waals surface area contributed by atoms with Crippen molar-refractivity contribution in [2.24, 2.45) is 10.1 Å². The summed E-state index contributed by atoms with van der Waals surface area (Å²) in [4.78, 5) is 3.92. The molecule has 3 nitrogen and oxygen atoms in total. The highest BCUT2D eigenvalue weighted by molar-refractivity contribution is 5.40. The molecule has 0 aromatic rings. The molecule has 0 spiro atoms. The van der Waals surface area contributed by atoms with Crippen LogP contribution in [0.4, 0.5) is 0 Å². The van der Waals surface area contributed by atoms with E-state index in [2.05, 4.69) is 43.8 Å². The minimum Gasteiger partial charge on any atom is -0.283 e. The Hall–Kier alpha value is -0.820. The zero-order valence-electron chi connectivity index (χ0n) is 8.70. The first-order chi connectivity index (χ1) is 5.59. The molecule has 0 unspecified atom stereocenters. The lowest BCUT2D eigenvalue weighted by Gasteiger charge is -2.25. The lowest BCUT2D eigenvalue weighted by atomic mass is 10.3. The maximum absolute atomic E-state index is 4.13. The van der Waals surface area contributed by atoms with Gasteiger partial charge in [-0.25, -0.2) is 4.99 Å². The normalized spacial score (nSPS) is 9.92. The minimum absolute atomic E-state index is 0.407. The predicted molar refractivity (Wildman–Crippen MR) is 52.5 cm³/mol. The van der Waals surface area contributed by atoms with Crippen LogP contribution in [0, 0.1) is 0 Å². The summed E-state index contributed by atoms with van der Waals surface area (Å²) in [6.07, 6.45) is 0. The SMILES string of the molecule is CCN=C=NN(C(C)C)C(C)C. The predicted octanol–water partition coefficient (Wildman–Crippen LogP) is 2.21. The zero-order chi connectivity index (χ0) is 9.56. The first kappa shape index (κ1) is 11.2. The van der Waals surface area contributed by atoms with Gasteiger partial charge in [0.1, 0.15) is 6.01 Å². The summed E-state index contributed by atoms with van der Waals surface area (Å²) in [5, 5.41) is 6.11. The zero-order valence-corrected chi connectivity index (χ0v) is 8.70. The fourth-order valence-corrected chi connectivity index (χ4v) is 0.981. The van der Waals surface area contributed by atoms with Crippen molar-refractivity contribution in [3.05, 3.63) is 0 Å². The van der Waals surface area contributed by atoms with E-state index in [1.165, 1.54) is 0 Å². The van der Waals surface area contributed by atoms with Crippen LogP contribution in [0.2, 0.25) is 0 Å². The first-order valence-corrected chi connectivity index (χ1v) is 4.50. The minimum atomic E-state index is 0.407. The van der Waals surface area contributed by atoms with Crippen molar-refractivity contribution < 1.29 is 0 Å². The monoisotopic (exact) mass is 169 g/mol. The molecule has 0 amide bonds. The molecule has 12 heavy (non-hydrogen) atoms. The molecular weight excluding hydrogens is 150 g/mol. The van der Waals surface area contributed by atoms with Crippen LogP contribution in [-0.4, -0.2) is 29.6 Å². The fraction of sp³-hybridized carbons (Fsp3) is 0.889. The van der Waals surface area contributed by atoms with Crippen LogP contribution in [-0.2, 0) is 0 Å². The van der Waals surface area contributed by atoms with E-state index in [0.717, 1.165) is 6.54 Å². The summed E-state index contributed by atoms with van der Waals surface area (Å²) in [5.74, 6) is 0. The Morgan fingerprint density at radius 2 is 1.67 bits per heavy atom. The molecule has 0 rings (SSSR count). The van der Waals surface area contributed by atoms with Gasteiger partial charge < -0.3 is 0 Å². The van der Waals surface area contributed by atoms with E-state index in [-0.39, 0.29) is 0 Å². The largest absolute Gasteiger partial charge is 0.283 e. The van der Waals surface area contributed by atoms with E-state index < -0.39 is 0 Å². The van der Waals surface area contributed by atoms with Gasteiger partial charge in [0.25, 0.3) is 0 Å². The molecule has 3 heteroatoms. The summed E-state index contributed by atoms with van der Waals surface area (Å²) in [6.45, 7) is 11.1. The van der Waals surface area contributed by atoms with Crippen LogP contribution in [0.25, 0.3) is 0 Å². The van der Waals surface area contributed by atoms with Crippen LogP contribution in [0.5, 0.6) is 0 Å². The molecule has 0 saturated heterocycles. The number of hydrazone groups is 1. The Morgan fingerprint density at radius 1 is 1.17 bits per heavy atom. The number of rotatable bonds is 4. The van der Waals surface area contributed by atoms with Gasteiger partial charge >= 0.3 is 0 Å². The van der Waals surface area contributed by atoms with Crippen LogP contribution < -0.4 is 0 Å². The quantitative estimate of drug-likeness (QED) is 0.468. The van der Waals surface area contributed by atoms with Crippen molar-refractivity contribution in [2.75, 3.05) is 6.54 Å². The third kappa shape index (κ3) is 4.14. The van der Waals surface area contributed by atoms with Crippen molar-refractivity contribution in [1.29, 1.82) is 0 Å². The molecule has 0 bridgehead atoms. The number of nitrogens with zero attached hydrogens (tertiary/aromatic N) is 3. The van der Waals surface area contributed by atoms with Gasteiger partial charge in [0, 0.05) is 18.6 Å². The van der Waals surface area contributed by atoms with Gasteiger partial charge in [0.05, 0.1) is 0 Å². The van der Waals surface area contributed by atoms with Crippen molar-refractivity contribution >= 4 is 6.01 Å². The first-order valence-electron chi connectivity index (χ1n) is 4.50. The fourth-order valence-electron chi connectivity index (χ4n) is 0.981. The highest BCUT2D eigenvalue weighted by Crippen LogP contribution is 2.03. The molecule has 0 aromatic carbocycles. The lowest BCUT2D eigenvalue weighted by molar-refractivity contribution is 0.185. The Morgan fingerprint density at radius 3 is 2.00 bits per heavy atom. The Kier molecular flexibility index (Phi) is 5.39. The summed E-state index contributed by atoms with van der Waals surface area (Å²) >= 11 is 0. The summed E-state index contributed by atoms with van der Waals surface area (Å²) in [7, 11) is 0. The van der Waals surface area contributed by atoms with Gasteiger partial charge in [-0.2, -0.15) is 0 Å². The molecule has 0 aliphatic carbocycles. The Labute approximate surface area is 75.2 Å². The van der Waals surface area contributed by atoms with Gasteiger partial charge in [-0.15, -0.1) is 5.10 Å². The highest BCUT2D eigenvalue weighted by Gasteiger charge is 2.08. The number of aliphatic imine (C=N–C) groups is 1. The molecular formula is C9H19N3. The maximum Gasteiger partial charge on any atom is 0.114 e. The van der Waals surface area contributed by atoms with Crippen molar-refractivity contribution in [3.63, 3.8) is 0 Å². The molecule has 70 valence electrons. The van der Waals surface area contributed by atoms with Gasteiger partial charge in [0.2, 0.25) is 0 Å². The second-order valence-corrected chi connectivity index (χ2v) is 3.24. The average Bonchev–Trinajstić information content (AvgIpc) is 1.96. The number of hydrogen-bond donors (Lipinski definition) is 0. The van der Waals surface area contributed by atoms with E-state index in [0.29, 0.717) is 12.1 Å². The van der Waals surface area contributed by atoms with Gasteiger partial charge in [-0.1, -0.05) is 0 Å². The third-order valence-electron chi connectivity index (χ3n) is 1.45. The summed E-state index contributed by atoms with van der Waals surface area (Å²) in [5.41, 5.74) is 0. The molecule has 0 heterocycles. The second kappa shape index (κ2) is 5.78. The van der Waals surface area contributed by atoms with Crippen molar-refractivity contribution in [2.45, 2.75) is 46.7 Å². The maximum atomic E-state index is 4.13. The van der Waals surface area contributed by atoms with Crippen molar-refractivity contribution in [3.8, 4) is 0 Å². The lowest BCUT2D eigenvalue weighted by Crippen LogP contribution is -2.31. The molecule has 0 aliphatic heterocycles. The van der Waals surface area contributed by atoms with Crippen LogP contribution in [0.3, 0.4) is 0 Å².